The van der Waals surface area contributed by atoms with Gasteiger partial charge in [-0.1, -0.05) is 4.74 Å². The number of fused-ring (bicyclic) bond motifs is 1. The third kappa shape index (κ3) is 0.0347. The molecular weight excluding hydrogens is 68.0 g/mol. The van der Waals surface area contributed by atoms with Crippen LogP contribution in [0.1, 0.15) is 0 Å². The van der Waals surface area contributed by atoms with Gasteiger partial charge in [-0.3, -0.25) is 0 Å². The summed E-state index contributed by atoms with van der Waals surface area (Å²) >= 11 is 0. The molecule has 4 nitrogen and oxygen atoms in total. The van der Waals surface area contributed by atoms with Crippen molar-refractivity contribution in [2.75, 3.05) is 0 Å². The molecular formula is CH2N4. The summed E-state index contributed by atoms with van der Waals surface area (Å²) in [5, 5.41) is 6.42. The summed E-state index contributed by atoms with van der Waals surface area (Å²) in [6, 6.07) is 0. The summed E-state index contributed by atoms with van der Waals surface area (Å²) in [5.74, 6) is 0. The topological polar surface area (TPSA) is 37.5 Å². The summed E-state index contributed by atoms with van der Waals surface area (Å²) < 4.78 is 3.39. The summed E-state index contributed by atoms with van der Waals surface area (Å²) in [4.78, 5) is 0. The van der Waals surface area contributed by atoms with E-state index in [1.165, 1.54) is 0 Å². The minimum Gasteiger partial charge on any atom is -0.178 e. The maximum atomic E-state index is 3.67. The highest BCUT2D eigenvalue weighted by atomic mass is 15.9. The van der Waals surface area contributed by atoms with Gasteiger partial charge in [0.25, 0.3) is 0 Å². The van der Waals surface area contributed by atoms with E-state index in [2.05, 4.69) is 10.3 Å². The molecule has 1 N–H and O–H groups in total. The summed E-state index contributed by atoms with van der Waals surface area (Å²) in [6.45, 7) is 0. The molecule has 2 heterocycles. The van der Waals surface area contributed by atoms with E-state index in [1.54, 1.807) is 15.7 Å². The van der Waals surface area contributed by atoms with Crippen LogP contribution < -0.4 is 0 Å². The maximum absolute atomic E-state index is 3.67. The molecule has 26 valence electrons. The van der Waals surface area contributed by atoms with E-state index >= 15 is 0 Å². The molecule has 0 radical (unpaired) electrons. The largest absolute Gasteiger partial charge is 0.178 e. The van der Waals surface area contributed by atoms with Crippen LogP contribution in [0, 0.1) is 0 Å². The van der Waals surface area contributed by atoms with Gasteiger partial charge in [0.15, 0.2) is 6.33 Å². The molecule has 5 heavy (non-hydrogen) atoms. The molecule has 0 aliphatic rings. The van der Waals surface area contributed by atoms with Gasteiger partial charge in [-0.05, 0) is 0 Å². The van der Waals surface area contributed by atoms with Gasteiger partial charge in [-0.15, -0.1) is 9.73 Å². The van der Waals surface area contributed by atoms with E-state index < -0.39 is 0 Å². The van der Waals surface area contributed by atoms with Crippen molar-refractivity contribution >= 4 is 0 Å². The lowest BCUT2D eigenvalue weighted by Gasteiger charge is -1.68. The fourth-order valence-electron chi connectivity index (χ4n) is 0.278. The van der Waals surface area contributed by atoms with Crippen LogP contribution in [0.4, 0.5) is 0 Å². The van der Waals surface area contributed by atoms with E-state index in [9.17, 15) is 0 Å². The molecule has 0 aromatic carbocycles. The van der Waals surface area contributed by atoms with Crippen molar-refractivity contribution in [2.45, 2.75) is 0 Å². The molecule has 0 saturated carbocycles. The molecule has 2 aromatic heterocycles. The normalized spacial score (nSPS) is 12.0. The predicted octanol–water partition coefficient (Wildman–Crippen LogP) is -0.800. The number of tetrazole rings is 1. The molecule has 2 rings (SSSR count). The number of nitrogens with one attached hydrogen (secondary N) is 1. The fraction of sp³-hybridized carbons (Fsp3) is 0. The van der Waals surface area contributed by atoms with Crippen molar-refractivity contribution < 1.29 is 0 Å². The highest BCUT2D eigenvalue weighted by Gasteiger charge is 1.95. The van der Waals surface area contributed by atoms with Crippen LogP contribution in [-0.4, -0.2) is 19.7 Å². The first-order valence-electron chi connectivity index (χ1n) is 1.36. The third-order valence-electron chi connectivity index (χ3n) is 0.627. The molecule has 0 unspecified atom stereocenters. The zero-order chi connectivity index (χ0) is 3.28. The first-order chi connectivity index (χ1) is 2.47. The fourth-order valence-corrected chi connectivity index (χ4v) is 0.278. The first-order valence-corrected chi connectivity index (χ1v) is 1.36. The van der Waals surface area contributed by atoms with Crippen molar-refractivity contribution in [2.24, 2.45) is 0 Å². The predicted molar refractivity (Wildman–Crippen MR) is 14.2 cm³/mol. The Kier molecular flexibility index (Phi) is 0.0603. The number of H-pyrrole nitrogens is 1. The van der Waals surface area contributed by atoms with Crippen molar-refractivity contribution in [1.82, 2.24) is 19.7 Å². The lowest BCUT2D eigenvalue weighted by atomic mass is 11.4. The van der Waals surface area contributed by atoms with E-state index in [4.69, 9.17) is 0 Å². The summed E-state index contributed by atoms with van der Waals surface area (Å²) in [6.07, 6.45) is 1.69. The Bertz CT molecular complexity index is 155. The highest BCUT2D eigenvalue weighted by molar-refractivity contribution is 4.49. The van der Waals surface area contributed by atoms with Crippen LogP contribution in [0.5, 0.6) is 0 Å². The summed E-state index contributed by atoms with van der Waals surface area (Å²) in [5.41, 5.74) is 0. The molecule has 0 aliphatic heterocycles. The zero-order valence-electron chi connectivity index (χ0n) is 2.42. The van der Waals surface area contributed by atoms with Gasteiger partial charge in [0.1, 0.15) is 0 Å². The first kappa shape index (κ1) is 1.49. The van der Waals surface area contributed by atoms with Crippen LogP contribution in [-0.2, 0) is 0 Å². The molecule has 0 spiro atoms. The average Bonchev–Trinajstić information content (AvgIpc) is 1.74. The van der Waals surface area contributed by atoms with E-state index in [1.807, 2.05) is 0 Å². The maximum Gasteiger partial charge on any atom is 0.163 e. The van der Waals surface area contributed by atoms with Gasteiger partial charge in [0, 0.05) is 0 Å². The number of rotatable bonds is 0. The Hall–Kier alpha value is -0.930. The molecule has 4 heteroatoms. The van der Waals surface area contributed by atoms with Gasteiger partial charge in [-0.2, -0.15) is 5.21 Å². The number of hydrogen-bond acceptors (Lipinski definition) is 1. The van der Waals surface area contributed by atoms with Gasteiger partial charge in [0.2, 0.25) is 0 Å². The highest BCUT2D eigenvalue weighted by Crippen LogP contribution is 1.78. The monoisotopic (exact) mass is 70.0 g/mol. The van der Waals surface area contributed by atoms with E-state index in [-0.39, 0.29) is 0 Å². The molecule has 0 amide bonds. The lowest BCUT2D eigenvalue weighted by molar-refractivity contribution is 0.758. The molecule has 0 saturated heterocycles. The zero-order valence-corrected chi connectivity index (χ0v) is 2.42. The Balaban J connectivity index is 3.29. The Morgan fingerprint density at radius 3 is 2.60 bits per heavy atom. The van der Waals surface area contributed by atoms with Crippen LogP contribution in [0.2, 0.25) is 0 Å². The Labute approximate surface area is 27.3 Å². The van der Waals surface area contributed by atoms with Gasteiger partial charge in [0.05, 0.1) is 0 Å². The van der Waals surface area contributed by atoms with Gasteiger partial charge in [-0.25, -0.2) is 0 Å². The van der Waals surface area contributed by atoms with Crippen LogP contribution in [0.25, 0.3) is 0 Å². The number of aromatic amines is 1. The van der Waals surface area contributed by atoms with E-state index in [0.717, 1.165) is 0 Å². The minimum absolute atomic E-state index is 1.62. The standard InChI is InChI=1S/CH2N4/c1-2-5-3-4(1)5/h1,3H. The smallest absolute Gasteiger partial charge is 0.163 e. The van der Waals surface area contributed by atoms with E-state index in [0.29, 0.717) is 0 Å². The molecule has 0 atom stereocenters. The molecule has 0 aliphatic carbocycles. The van der Waals surface area contributed by atoms with Gasteiger partial charge < -0.3 is 0 Å². The lowest BCUT2D eigenvalue weighted by Crippen LogP contribution is -1.86. The average molecular weight is 70.1 g/mol. The Morgan fingerprint density at radius 2 is 2.60 bits per heavy atom. The van der Waals surface area contributed by atoms with Crippen molar-refractivity contribution in [3.8, 4) is 0 Å². The molecule has 0 fully saturated rings. The third-order valence-corrected chi connectivity index (χ3v) is 0.627. The summed E-state index contributed by atoms with van der Waals surface area (Å²) in [7, 11) is 0. The SMILES string of the molecule is c1nn2[nH]n12. The number of aromatic nitrogens is 4. The van der Waals surface area contributed by atoms with Crippen molar-refractivity contribution in [1.29, 1.82) is 0 Å². The van der Waals surface area contributed by atoms with Crippen LogP contribution in [0.3, 0.4) is 0 Å². The minimum atomic E-state index is 1.62. The van der Waals surface area contributed by atoms with Crippen LogP contribution in [0.15, 0.2) is 6.33 Å². The second-order valence-electron chi connectivity index (χ2n) is 0.965. The Morgan fingerprint density at radius 1 is 1.80 bits per heavy atom. The molecule has 2 aromatic rings. The number of hydrogen-bond donors (Lipinski definition) is 1. The quantitative estimate of drug-likeness (QED) is 0.433. The number of nitrogens with zero attached hydrogens (tertiary/aromatic N) is 3. The van der Waals surface area contributed by atoms with Crippen molar-refractivity contribution in [3.05, 3.63) is 6.33 Å². The second kappa shape index (κ2) is 0.202. The molecule has 0 bridgehead atoms. The van der Waals surface area contributed by atoms with Crippen LogP contribution >= 0.6 is 0 Å². The van der Waals surface area contributed by atoms with Crippen molar-refractivity contribution in [3.63, 3.8) is 0 Å². The second-order valence-corrected chi connectivity index (χ2v) is 0.965. The van der Waals surface area contributed by atoms with Gasteiger partial charge >= 0.3 is 0 Å².